The Balaban J connectivity index is 1.78. The first-order valence-electron chi connectivity index (χ1n) is 8.10. The molecule has 0 radical (unpaired) electrons. The molecule has 1 aliphatic rings. The third kappa shape index (κ3) is 4.64. The highest BCUT2D eigenvalue weighted by molar-refractivity contribution is 7.91. The Hall–Kier alpha value is -2.25. The maximum atomic E-state index is 13.0. The van der Waals surface area contributed by atoms with Gasteiger partial charge in [-0.25, -0.2) is 12.8 Å². The molecule has 132 valence electrons. The number of quaternary nitrogens is 1. The largest absolute Gasteiger partial charge is 0.329 e. The minimum atomic E-state index is -3.02. The number of nitrogens with two attached hydrogens (primary N) is 1. The SMILES string of the molecule is O=C(Nc1ccc(F)cc1)[C@@H]([NH2+][C@H]1CCS(=O)(=O)C1)c1ccccc1. The van der Waals surface area contributed by atoms with Gasteiger partial charge in [-0.15, -0.1) is 0 Å². The molecular formula is C18H20FN2O3S+. The lowest BCUT2D eigenvalue weighted by Gasteiger charge is -2.19. The van der Waals surface area contributed by atoms with Crippen molar-refractivity contribution < 1.29 is 22.9 Å². The Labute approximate surface area is 146 Å². The number of carbonyl (C=O) groups is 1. The van der Waals surface area contributed by atoms with Gasteiger partial charge in [0.05, 0.1) is 5.75 Å². The van der Waals surface area contributed by atoms with E-state index in [1.807, 2.05) is 35.6 Å². The van der Waals surface area contributed by atoms with Gasteiger partial charge in [-0.1, -0.05) is 30.3 Å². The van der Waals surface area contributed by atoms with Crippen molar-refractivity contribution in [2.24, 2.45) is 0 Å². The number of rotatable bonds is 5. The van der Waals surface area contributed by atoms with Crippen LogP contribution in [0.1, 0.15) is 18.0 Å². The van der Waals surface area contributed by atoms with Crippen LogP contribution >= 0.6 is 0 Å². The summed E-state index contributed by atoms with van der Waals surface area (Å²) in [6.45, 7) is 0. The molecule has 2 atom stereocenters. The molecule has 3 rings (SSSR count). The number of carbonyl (C=O) groups excluding carboxylic acids is 1. The van der Waals surface area contributed by atoms with Gasteiger partial charge >= 0.3 is 0 Å². The maximum Gasteiger partial charge on any atom is 0.287 e. The van der Waals surface area contributed by atoms with E-state index in [0.29, 0.717) is 12.1 Å². The average Bonchev–Trinajstić information content (AvgIpc) is 2.94. The van der Waals surface area contributed by atoms with Gasteiger partial charge in [0.2, 0.25) is 0 Å². The Morgan fingerprint density at radius 2 is 1.80 bits per heavy atom. The fourth-order valence-corrected chi connectivity index (χ4v) is 4.77. The first-order valence-corrected chi connectivity index (χ1v) is 9.92. The summed E-state index contributed by atoms with van der Waals surface area (Å²) >= 11 is 0. The second kappa shape index (κ2) is 7.33. The molecule has 7 heteroatoms. The van der Waals surface area contributed by atoms with Crippen molar-refractivity contribution in [3.05, 3.63) is 66.0 Å². The van der Waals surface area contributed by atoms with Crippen molar-refractivity contribution in [3.63, 3.8) is 0 Å². The first-order chi connectivity index (χ1) is 11.9. The first kappa shape index (κ1) is 17.6. The molecule has 0 spiro atoms. The number of nitrogens with one attached hydrogen (secondary N) is 1. The predicted molar refractivity (Wildman–Crippen MR) is 93.2 cm³/mol. The van der Waals surface area contributed by atoms with E-state index in [-0.39, 0.29) is 29.3 Å². The van der Waals surface area contributed by atoms with Crippen LogP contribution in [0, 0.1) is 5.82 Å². The van der Waals surface area contributed by atoms with E-state index >= 15 is 0 Å². The molecule has 2 aromatic rings. The van der Waals surface area contributed by atoms with Crippen molar-refractivity contribution in [1.82, 2.24) is 0 Å². The predicted octanol–water partition coefficient (Wildman–Crippen LogP) is 1.26. The second-order valence-electron chi connectivity index (χ2n) is 6.24. The highest BCUT2D eigenvalue weighted by atomic mass is 32.2. The number of amides is 1. The zero-order valence-corrected chi connectivity index (χ0v) is 14.4. The fraction of sp³-hybridized carbons (Fsp3) is 0.278. The highest BCUT2D eigenvalue weighted by Crippen LogP contribution is 2.16. The molecule has 1 heterocycles. The van der Waals surface area contributed by atoms with Gasteiger partial charge < -0.3 is 10.6 Å². The highest BCUT2D eigenvalue weighted by Gasteiger charge is 2.35. The lowest BCUT2D eigenvalue weighted by Crippen LogP contribution is -2.93. The summed E-state index contributed by atoms with van der Waals surface area (Å²) in [5.74, 6) is -0.391. The van der Waals surface area contributed by atoms with Crippen molar-refractivity contribution in [1.29, 1.82) is 0 Å². The number of halogens is 1. The van der Waals surface area contributed by atoms with Gasteiger partial charge in [-0.2, -0.15) is 0 Å². The summed E-state index contributed by atoms with van der Waals surface area (Å²) in [4.78, 5) is 12.8. The Bertz CT molecular complexity index is 838. The van der Waals surface area contributed by atoms with E-state index in [1.54, 1.807) is 0 Å². The molecule has 5 nitrogen and oxygen atoms in total. The minimum Gasteiger partial charge on any atom is -0.329 e. The average molecular weight is 363 g/mol. The number of hydrogen-bond donors (Lipinski definition) is 2. The Morgan fingerprint density at radius 1 is 1.12 bits per heavy atom. The summed E-state index contributed by atoms with van der Waals surface area (Å²) in [6.07, 6.45) is 0.537. The van der Waals surface area contributed by atoms with E-state index in [0.717, 1.165) is 5.56 Å². The molecule has 1 saturated heterocycles. The van der Waals surface area contributed by atoms with Crippen LogP contribution < -0.4 is 10.6 Å². The molecule has 2 aromatic carbocycles. The van der Waals surface area contributed by atoms with Crippen LogP contribution in [0.3, 0.4) is 0 Å². The molecule has 0 unspecified atom stereocenters. The third-order valence-corrected chi connectivity index (χ3v) is 6.08. The van der Waals surface area contributed by atoms with Crippen molar-refractivity contribution >= 4 is 21.4 Å². The summed E-state index contributed by atoms with van der Waals surface area (Å²) in [5, 5.41) is 4.59. The number of hydrogen-bond acceptors (Lipinski definition) is 3. The lowest BCUT2D eigenvalue weighted by molar-refractivity contribution is -0.710. The van der Waals surface area contributed by atoms with Crippen LogP contribution in [-0.4, -0.2) is 31.9 Å². The topological polar surface area (TPSA) is 79.8 Å². The molecule has 25 heavy (non-hydrogen) atoms. The molecule has 1 aliphatic heterocycles. The molecule has 1 amide bonds. The van der Waals surface area contributed by atoms with E-state index in [1.165, 1.54) is 24.3 Å². The van der Waals surface area contributed by atoms with Crippen molar-refractivity contribution in [2.75, 3.05) is 16.8 Å². The fourth-order valence-electron chi connectivity index (χ4n) is 3.01. The van der Waals surface area contributed by atoms with Crippen LogP contribution in [0.15, 0.2) is 54.6 Å². The summed E-state index contributed by atoms with van der Waals surface area (Å²) in [6, 6.07) is 14.1. The Kier molecular flexibility index (Phi) is 5.15. The van der Waals surface area contributed by atoms with Crippen LogP contribution in [0.25, 0.3) is 0 Å². The lowest BCUT2D eigenvalue weighted by atomic mass is 10.0. The monoisotopic (exact) mass is 363 g/mol. The standard InChI is InChI=1S/C18H19FN2O3S/c19-14-6-8-15(9-7-14)21-18(22)17(13-4-2-1-3-5-13)20-16-10-11-25(23,24)12-16/h1-9,16-17,20H,10-12H2,(H,21,22)/p+1/t16-,17-/m0/s1. The normalized spacial score (nSPS) is 20.1. The zero-order valence-electron chi connectivity index (χ0n) is 13.6. The Morgan fingerprint density at radius 3 is 2.40 bits per heavy atom. The number of anilines is 1. The summed E-state index contributed by atoms with van der Waals surface area (Å²) in [5.41, 5.74) is 1.30. The third-order valence-electron chi connectivity index (χ3n) is 4.29. The van der Waals surface area contributed by atoms with E-state index in [4.69, 9.17) is 0 Å². The van der Waals surface area contributed by atoms with Gasteiger partial charge in [-0.3, -0.25) is 4.79 Å². The van der Waals surface area contributed by atoms with E-state index in [2.05, 4.69) is 5.32 Å². The van der Waals surface area contributed by atoms with Gasteiger partial charge in [-0.05, 0) is 24.3 Å². The molecule has 0 aromatic heterocycles. The molecule has 0 aliphatic carbocycles. The van der Waals surface area contributed by atoms with Crippen LogP contribution in [0.2, 0.25) is 0 Å². The van der Waals surface area contributed by atoms with Gasteiger partial charge in [0.1, 0.15) is 17.6 Å². The molecule has 0 bridgehead atoms. The number of sulfone groups is 1. The van der Waals surface area contributed by atoms with E-state index < -0.39 is 15.9 Å². The van der Waals surface area contributed by atoms with Gasteiger partial charge in [0.25, 0.3) is 5.91 Å². The zero-order chi connectivity index (χ0) is 17.9. The van der Waals surface area contributed by atoms with E-state index in [9.17, 15) is 17.6 Å². The van der Waals surface area contributed by atoms with Crippen LogP contribution in [0.5, 0.6) is 0 Å². The van der Waals surface area contributed by atoms with Crippen molar-refractivity contribution in [3.8, 4) is 0 Å². The molecule has 3 N–H and O–H groups in total. The van der Waals surface area contributed by atoms with Crippen LogP contribution in [-0.2, 0) is 14.6 Å². The minimum absolute atomic E-state index is 0.0835. The molecule has 1 fully saturated rings. The molecule has 0 saturated carbocycles. The van der Waals surface area contributed by atoms with Crippen molar-refractivity contribution in [2.45, 2.75) is 18.5 Å². The maximum absolute atomic E-state index is 13.0. The second-order valence-corrected chi connectivity index (χ2v) is 8.47. The van der Waals surface area contributed by atoms with Gasteiger partial charge in [0, 0.05) is 17.7 Å². The van der Waals surface area contributed by atoms with Crippen LogP contribution in [0.4, 0.5) is 10.1 Å². The quantitative estimate of drug-likeness (QED) is 0.839. The summed E-state index contributed by atoms with van der Waals surface area (Å²) < 4.78 is 36.4. The summed E-state index contributed by atoms with van der Waals surface area (Å²) in [7, 11) is -3.02. The number of benzene rings is 2. The smallest absolute Gasteiger partial charge is 0.287 e. The van der Waals surface area contributed by atoms with Gasteiger partial charge in [0.15, 0.2) is 15.9 Å². The molecular weight excluding hydrogens is 343 g/mol.